The number of hydrogen-bond donors (Lipinski definition) is 1. The van der Waals surface area contributed by atoms with Gasteiger partial charge in [0.2, 0.25) is 0 Å². The van der Waals surface area contributed by atoms with Gasteiger partial charge < -0.3 is 44.7 Å². The number of nitrogens with one attached hydrogen (secondary N) is 2. The summed E-state index contributed by atoms with van der Waals surface area (Å²) in [4.78, 5) is 3.67. The van der Waals surface area contributed by atoms with Crippen LogP contribution in [0, 0.1) is 41.5 Å². The van der Waals surface area contributed by atoms with Crippen molar-refractivity contribution in [3.8, 4) is 11.6 Å². The monoisotopic (exact) mass is 662 g/mol. The molecule has 1 aromatic carbocycles. The number of aromatic nitrogens is 1. The topological polar surface area (TPSA) is 73.9 Å². The van der Waals surface area contributed by atoms with Crippen molar-refractivity contribution in [2.24, 2.45) is 0 Å². The van der Waals surface area contributed by atoms with E-state index >= 15 is 0 Å². The number of pyridine rings is 1. The maximum atomic E-state index is 11.5. The summed E-state index contributed by atoms with van der Waals surface area (Å²) in [6, 6.07) is 1.69. The average Bonchev–Trinajstić information content (AvgIpc) is 2.73. The first kappa shape index (κ1) is 38.5. The van der Waals surface area contributed by atoms with Gasteiger partial charge in [-0.25, -0.2) is 4.98 Å². The van der Waals surface area contributed by atoms with Crippen molar-refractivity contribution < 1.29 is 69.1 Å². The number of morpholine rings is 1. The number of rotatable bonds is 2. The van der Waals surface area contributed by atoms with E-state index < -0.39 is 15.9 Å². The van der Waals surface area contributed by atoms with Crippen molar-refractivity contribution >= 4 is 34.8 Å². The summed E-state index contributed by atoms with van der Waals surface area (Å²) in [5.41, 5.74) is 9.32. The molecular weight excluding hydrogens is 631 g/mol. The van der Waals surface area contributed by atoms with Crippen LogP contribution >= 0.6 is 34.8 Å². The Bertz CT molecular complexity index is 759. The van der Waals surface area contributed by atoms with Crippen LogP contribution in [-0.2, 0) is 30.8 Å². The van der Waals surface area contributed by atoms with Crippen LogP contribution in [-0.4, -0.2) is 30.6 Å². The molecule has 2 aromatic rings. The molecule has 1 aliphatic heterocycles. The summed E-state index contributed by atoms with van der Waals surface area (Å²) in [6.07, 6.45) is 1.53. The van der Waals surface area contributed by atoms with E-state index in [1.165, 1.54) is 44.5 Å². The molecule has 0 aliphatic carbocycles. The molecule has 0 saturated carbocycles. The van der Waals surface area contributed by atoms with Crippen LogP contribution in [0.2, 0.25) is 0 Å². The maximum Gasteiger partial charge on any atom is 2.00 e. The molecule has 2 heterocycles. The van der Waals surface area contributed by atoms with Crippen molar-refractivity contribution in [3.63, 3.8) is 0 Å². The second-order valence-electron chi connectivity index (χ2n) is 7.70. The molecule has 1 aromatic heterocycles. The quantitative estimate of drug-likeness (QED) is 0.269. The van der Waals surface area contributed by atoms with Gasteiger partial charge in [-0.15, -0.1) is 0 Å². The molecule has 1 fully saturated rings. The van der Waals surface area contributed by atoms with Crippen molar-refractivity contribution in [2.45, 2.75) is 52.4 Å². The predicted molar refractivity (Wildman–Crippen MR) is 123 cm³/mol. The van der Waals surface area contributed by atoms with Crippen LogP contribution < -0.4 is 44.9 Å². The summed E-state index contributed by atoms with van der Waals surface area (Å²) in [7, 11) is 0. The molecule has 0 radical (unpaired) electrons. The first-order chi connectivity index (χ1) is 14.5. The zero-order valence-corrected chi connectivity index (χ0v) is 25.8. The van der Waals surface area contributed by atoms with E-state index in [1.807, 2.05) is 0 Å². The third kappa shape index (κ3) is 12.3. The van der Waals surface area contributed by atoms with E-state index in [0.717, 1.165) is 26.3 Å². The number of ether oxygens (including phenoxy) is 1. The molecular formula is C23H33Cl5N2O3Ru. The van der Waals surface area contributed by atoms with Crippen LogP contribution in [0.25, 0.3) is 0 Å². The van der Waals surface area contributed by atoms with Gasteiger partial charge in [-0.05, 0) is 80.7 Å². The molecule has 0 atom stereocenters. The van der Waals surface area contributed by atoms with Gasteiger partial charge in [0.25, 0.3) is 0 Å². The first-order valence-electron chi connectivity index (χ1n) is 10.2. The zero-order chi connectivity index (χ0) is 23.7. The van der Waals surface area contributed by atoms with E-state index in [4.69, 9.17) is 39.5 Å². The van der Waals surface area contributed by atoms with Crippen LogP contribution in [0.15, 0.2) is 12.3 Å². The molecule has 0 spiro atoms. The Morgan fingerprint density at radius 3 is 1.56 bits per heavy atom. The van der Waals surface area contributed by atoms with Gasteiger partial charge in [0, 0.05) is 11.6 Å². The Labute approximate surface area is 244 Å². The number of benzene rings is 1. The molecule has 196 valence electrons. The van der Waals surface area contributed by atoms with Crippen LogP contribution in [0.5, 0.6) is 11.6 Å². The molecule has 0 bridgehead atoms. The zero-order valence-electron chi connectivity index (χ0n) is 20.2. The fourth-order valence-corrected chi connectivity index (χ4v) is 3.44. The second kappa shape index (κ2) is 19.1. The van der Waals surface area contributed by atoms with Gasteiger partial charge in [-0.2, -0.15) is 0 Å². The van der Waals surface area contributed by atoms with Gasteiger partial charge in [0.1, 0.15) is 25.5 Å². The van der Waals surface area contributed by atoms with Crippen molar-refractivity contribution in [2.75, 3.05) is 26.3 Å². The molecule has 0 amide bonds. The number of halogens is 5. The van der Waals surface area contributed by atoms with Gasteiger partial charge in [-0.3, -0.25) is 0 Å². The molecule has 0 unspecified atom stereocenters. The Kier molecular flexibility index (Phi) is 21.7. The number of H-pyrrole nitrogens is 1. The van der Waals surface area contributed by atoms with Crippen LogP contribution in [0.4, 0.5) is 0 Å². The Hall–Kier alpha value is -0.0366. The minimum atomic E-state index is -0.750. The van der Waals surface area contributed by atoms with Gasteiger partial charge in [-0.1, -0.05) is 34.8 Å². The van der Waals surface area contributed by atoms with E-state index in [9.17, 15) is 10.2 Å². The van der Waals surface area contributed by atoms with Crippen molar-refractivity contribution in [1.82, 2.24) is 0 Å². The summed E-state index contributed by atoms with van der Waals surface area (Å²) in [5, 5.41) is 22.5. The smallest absolute Gasteiger partial charge is 1.00 e. The third-order valence-electron chi connectivity index (χ3n) is 6.01. The molecule has 1 aliphatic rings. The molecule has 34 heavy (non-hydrogen) atoms. The SMILES string of the molecule is Cc1c(C)c(C)c(C)c(C)c1C.ClC(Cl)Cl.[Cl-].[Cl-].[O-]c1[nH+]ccc(C[NH+]2CCOCC2)c1[O-].[Ru+2]. The van der Waals surface area contributed by atoms with E-state index in [2.05, 4.69) is 46.5 Å². The van der Waals surface area contributed by atoms with Crippen LogP contribution in [0.1, 0.15) is 38.9 Å². The van der Waals surface area contributed by atoms with E-state index in [1.54, 1.807) is 6.07 Å². The number of hydrogen-bond acceptors (Lipinski definition) is 3. The first-order valence-corrected chi connectivity index (χ1v) is 11.5. The molecule has 5 nitrogen and oxygen atoms in total. The summed E-state index contributed by atoms with van der Waals surface area (Å²) >= 11 is 14.4. The standard InChI is InChI=1S/C12H18.C10H14N2O3.CHCl3.2ClH.Ru/c1-7-8(2)10(4)12(6)11(5)9(7)3;13-9-8(1-2-11-10(9)14)7-12-3-5-15-6-4-12;2-1(3)4;;;/h1-6H3;1-2,13H,3-7H2,(H,11,14);1H;2*1H;/q;;;;;+2/p-2. The molecule has 3 rings (SSSR count). The number of quaternary nitrogens is 1. The van der Waals surface area contributed by atoms with Gasteiger partial charge in [0.15, 0.2) is 10.5 Å². The average molecular weight is 664 g/mol. The summed E-state index contributed by atoms with van der Waals surface area (Å²) in [5.74, 6) is -0.934. The molecule has 11 heteroatoms. The number of aromatic amines is 1. The normalized spacial score (nSPS) is 12.6. The molecule has 2 N–H and O–H groups in total. The fourth-order valence-electron chi connectivity index (χ4n) is 3.44. The Morgan fingerprint density at radius 1 is 0.853 bits per heavy atom. The maximum absolute atomic E-state index is 11.5. The van der Waals surface area contributed by atoms with Gasteiger partial charge >= 0.3 is 19.5 Å². The summed E-state index contributed by atoms with van der Waals surface area (Å²) in [6.45, 7) is 17.1. The van der Waals surface area contributed by atoms with E-state index in [0.29, 0.717) is 12.1 Å². The minimum Gasteiger partial charge on any atom is -1.00 e. The third-order valence-corrected chi connectivity index (χ3v) is 6.01. The Morgan fingerprint density at radius 2 is 1.21 bits per heavy atom. The predicted octanol–water partition coefficient (Wildman–Crippen LogP) is -3.41. The molecule has 1 saturated heterocycles. The van der Waals surface area contributed by atoms with Crippen molar-refractivity contribution in [3.05, 3.63) is 51.2 Å². The van der Waals surface area contributed by atoms with Crippen LogP contribution in [0.3, 0.4) is 0 Å². The van der Waals surface area contributed by atoms with E-state index in [-0.39, 0.29) is 44.3 Å². The fraction of sp³-hybridized carbons (Fsp3) is 0.522. The number of alkyl halides is 3. The largest absolute Gasteiger partial charge is 2.00 e. The van der Waals surface area contributed by atoms with Crippen molar-refractivity contribution in [1.29, 1.82) is 0 Å². The minimum absolute atomic E-state index is 0. The summed E-state index contributed by atoms with van der Waals surface area (Å²) < 4.78 is 4.47. The second-order valence-corrected chi connectivity index (χ2v) is 9.68. The van der Waals surface area contributed by atoms with Gasteiger partial charge in [0.05, 0.1) is 13.2 Å². The Balaban J connectivity index is -0.000000461.